The van der Waals surface area contributed by atoms with Crippen molar-refractivity contribution < 1.29 is 22.4 Å². The van der Waals surface area contributed by atoms with Crippen LogP contribution in [0.25, 0.3) is 17.0 Å². The predicted molar refractivity (Wildman–Crippen MR) is 118 cm³/mol. The van der Waals surface area contributed by atoms with Gasteiger partial charge in [0.2, 0.25) is 0 Å². The number of carbonyl (C=O) groups is 1. The summed E-state index contributed by atoms with van der Waals surface area (Å²) in [6.07, 6.45) is -2.70. The van der Waals surface area contributed by atoms with Crippen molar-refractivity contribution in [3.63, 3.8) is 0 Å². The lowest BCUT2D eigenvalue weighted by atomic mass is 10.1. The van der Waals surface area contributed by atoms with Gasteiger partial charge in [0.05, 0.1) is 5.56 Å². The molecule has 1 saturated heterocycles. The lowest BCUT2D eigenvalue weighted by Gasteiger charge is -2.36. The Hall–Kier alpha value is -3.95. The summed E-state index contributed by atoms with van der Waals surface area (Å²) in [5, 5.41) is 8.29. The average Bonchev–Trinajstić information content (AvgIpc) is 3.27. The van der Waals surface area contributed by atoms with Crippen molar-refractivity contribution in [1.29, 1.82) is 0 Å². The maximum atomic E-state index is 13.2. The molecule has 6 nitrogen and oxygen atoms in total. The largest absolute Gasteiger partial charge is 0.416 e. The van der Waals surface area contributed by atoms with Gasteiger partial charge in [0.1, 0.15) is 5.82 Å². The zero-order chi connectivity index (χ0) is 23.9. The van der Waals surface area contributed by atoms with Gasteiger partial charge in [0.15, 0.2) is 11.5 Å². The molecule has 1 aliphatic heterocycles. The van der Waals surface area contributed by atoms with E-state index in [1.165, 1.54) is 18.2 Å². The highest BCUT2D eigenvalue weighted by Gasteiger charge is 2.31. The number of anilines is 1. The topological polar surface area (TPSA) is 53.7 Å². The predicted octanol–water partition coefficient (Wildman–Crippen LogP) is 4.52. The van der Waals surface area contributed by atoms with Gasteiger partial charge in [-0.15, -0.1) is 10.2 Å². The maximum Gasteiger partial charge on any atom is 0.416 e. The smallest absolute Gasteiger partial charge is 0.368 e. The lowest BCUT2D eigenvalue weighted by molar-refractivity contribution is -0.137. The van der Waals surface area contributed by atoms with Crippen LogP contribution < -0.4 is 4.90 Å². The highest BCUT2D eigenvalue weighted by molar-refractivity contribution is 5.95. The van der Waals surface area contributed by atoms with Crippen LogP contribution in [0.3, 0.4) is 0 Å². The third-order valence-corrected chi connectivity index (χ3v) is 5.86. The Bertz CT molecular complexity index is 1340. The molecule has 0 saturated carbocycles. The van der Waals surface area contributed by atoms with Crippen LogP contribution in [0.4, 0.5) is 23.2 Å². The molecule has 2 aromatic heterocycles. The highest BCUT2D eigenvalue weighted by atomic mass is 19.4. The molecule has 0 atom stereocenters. The van der Waals surface area contributed by atoms with Crippen molar-refractivity contribution in [2.75, 3.05) is 31.1 Å². The molecule has 34 heavy (non-hydrogen) atoms. The van der Waals surface area contributed by atoms with Crippen molar-refractivity contribution in [3.05, 3.63) is 83.8 Å². The van der Waals surface area contributed by atoms with E-state index in [4.69, 9.17) is 0 Å². The van der Waals surface area contributed by atoms with Crippen LogP contribution in [-0.4, -0.2) is 51.6 Å². The fourth-order valence-electron chi connectivity index (χ4n) is 4.05. The van der Waals surface area contributed by atoms with Gasteiger partial charge in [-0.25, -0.2) is 4.39 Å². The van der Waals surface area contributed by atoms with E-state index in [1.54, 1.807) is 45.8 Å². The van der Waals surface area contributed by atoms with E-state index in [2.05, 4.69) is 10.2 Å². The molecule has 10 heteroatoms. The molecule has 0 radical (unpaired) electrons. The van der Waals surface area contributed by atoms with Crippen LogP contribution in [-0.2, 0) is 6.18 Å². The van der Waals surface area contributed by atoms with Gasteiger partial charge in [-0.1, -0.05) is 6.07 Å². The number of aromatic nitrogens is 3. The van der Waals surface area contributed by atoms with Crippen molar-refractivity contribution in [2.45, 2.75) is 6.18 Å². The van der Waals surface area contributed by atoms with Gasteiger partial charge in [0, 0.05) is 49.2 Å². The number of hydrogen-bond acceptors (Lipinski definition) is 4. The number of nitrogens with zero attached hydrogens (tertiary/aromatic N) is 5. The number of carbonyl (C=O) groups excluding carboxylic acids is 1. The normalized spacial score (nSPS) is 14.6. The fourth-order valence-corrected chi connectivity index (χ4v) is 4.05. The van der Waals surface area contributed by atoms with E-state index in [1.807, 2.05) is 4.90 Å². The van der Waals surface area contributed by atoms with Crippen LogP contribution >= 0.6 is 0 Å². The summed E-state index contributed by atoms with van der Waals surface area (Å²) in [6, 6.07) is 14.4. The Morgan fingerprint density at radius 1 is 0.882 bits per heavy atom. The number of piperazine rings is 1. The van der Waals surface area contributed by atoms with Gasteiger partial charge in [-0.05, 0) is 54.6 Å². The van der Waals surface area contributed by atoms with Gasteiger partial charge in [0.25, 0.3) is 5.91 Å². The average molecular weight is 469 g/mol. The highest BCUT2D eigenvalue weighted by Crippen LogP contribution is 2.32. The first-order valence-corrected chi connectivity index (χ1v) is 10.6. The first-order chi connectivity index (χ1) is 16.3. The summed E-state index contributed by atoms with van der Waals surface area (Å²) >= 11 is 0. The minimum atomic E-state index is -4.40. The van der Waals surface area contributed by atoms with Crippen molar-refractivity contribution in [2.24, 2.45) is 0 Å². The van der Waals surface area contributed by atoms with E-state index in [0.29, 0.717) is 54.5 Å². The van der Waals surface area contributed by atoms with Gasteiger partial charge < -0.3 is 9.80 Å². The van der Waals surface area contributed by atoms with Crippen LogP contribution in [0.1, 0.15) is 15.9 Å². The Balaban J connectivity index is 1.29. The minimum Gasteiger partial charge on any atom is -0.368 e. The van der Waals surface area contributed by atoms with E-state index < -0.39 is 11.7 Å². The maximum absolute atomic E-state index is 13.2. The number of benzene rings is 2. The zero-order valence-electron chi connectivity index (χ0n) is 17.8. The molecule has 0 bridgehead atoms. The number of alkyl halides is 3. The van der Waals surface area contributed by atoms with Gasteiger partial charge in [-0.2, -0.15) is 13.2 Å². The summed E-state index contributed by atoms with van der Waals surface area (Å²) in [7, 11) is 0. The summed E-state index contributed by atoms with van der Waals surface area (Å²) in [5.74, 6) is -0.000155. The number of halogens is 4. The van der Waals surface area contributed by atoms with Crippen molar-refractivity contribution in [1.82, 2.24) is 19.5 Å². The van der Waals surface area contributed by atoms with Gasteiger partial charge >= 0.3 is 6.18 Å². The monoisotopic (exact) mass is 469 g/mol. The minimum absolute atomic E-state index is 0.183. The number of amides is 1. The Morgan fingerprint density at radius 3 is 2.32 bits per heavy atom. The molecular weight excluding hydrogens is 450 g/mol. The molecule has 2 aromatic carbocycles. The van der Waals surface area contributed by atoms with Crippen molar-refractivity contribution >= 4 is 17.2 Å². The number of rotatable bonds is 3. The van der Waals surface area contributed by atoms with Crippen LogP contribution in [0.5, 0.6) is 0 Å². The first kappa shape index (κ1) is 21.9. The van der Waals surface area contributed by atoms with Crippen molar-refractivity contribution in [3.8, 4) is 11.4 Å². The number of pyridine rings is 1. The van der Waals surface area contributed by atoms with E-state index in [9.17, 15) is 22.4 Å². The molecule has 0 unspecified atom stereocenters. The molecule has 174 valence electrons. The molecule has 1 amide bonds. The summed E-state index contributed by atoms with van der Waals surface area (Å²) in [5.41, 5.74) is 1.41. The molecule has 3 heterocycles. The molecule has 0 N–H and O–H groups in total. The molecule has 4 aromatic rings. The van der Waals surface area contributed by atoms with Crippen LogP contribution in [0.2, 0.25) is 0 Å². The SMILES string of the molecule is O=C(c1ccn2c(-c3ccc(F)cc3)nnc2c1)N1CCN(c2cccc(C(F)(F)F)c2)CC1. The van der Waals surface area contributed by atoms with E-state index in [-0.39, 0.29) is 11.7 Å². The second kappa shape index (κ2) is 8.44. The number of fused-ring (bicyclic) bond motifs is 1. The Morgan fingerprint density at radius 2 is 1.62 bits per heavy atom. The molecule has 5 rings (SSSR count). The Labute approximate surface area is 192 Å². The van der Waals surface area contributed by atoms with E-state index >= 15 is 0 Å². The zero-order valence-corrected chi connectivity index (χ0v) is 17.8. The Kier molecular flexibility index (Phi) is 5.43. The van der Waals surface area contributed by atoms with Gasteiger partial charge in [-0.3, -0.25) is 9.20 Å². The summed E-state index contributed by atoms with van der Waals surface area (Å²) < 4.78 is 54.0. The van der Waals surface area contributed by atoms with Crippen LogP contribution in [0, 0.1) is 5.82 Å². The molecule has 0 aliphatic carbocycles. The lowest BCUT2D eigenvalue weighted by Crippen LogP contribution is -2.48. The number of hydrogen-bond donors (Lipinski definition) is 0. The molecule has 1 fully saturated rings. The van der Waals surface area contributed by atoms with E-state index in [0.717, 1.165) is 12.1 Å². The second-order valence-corrected chi connectivity index (χ2v) is 8.00. The second-order valence-electron chi connectivity index (χ2n) is 8.00. The van der Waals surface area contributed by atoms with Crippen LogP contribution in [0.15, 0.2) is 66.9 Å². The third kappa shape index (κ3) is 4.18. The molecule has 0 spiro atoms. The summed E-state index contributed by atoms with van der Waals surface area (Å²) in [4.78, 5) is 16.6. The third-order valence-electron chi connectivity index (χ3n) is 5.86. The standard InChI is InChI=1S/C24H19F4N5O/c25-19-6-4-16(5-7-19)22-30-29-21-14-17(8-9-33(21)22)23(34)32-12-10-31(11-13-32)20-3-1-2-18(15-20)24(26,27)28/h1-9,14-15H,10-13H2. The molecular formula is C24H19F4N5O. The molecule has 1 aliphatic rings. The quantitative estimate of drug-likeness (QED) is 0.414. The summed E-state index contributed by atoms with van der Waals surface area (Å²) in [6.45, 7) is 1.62. The fraction of sp³-hybridized carbons (Fsp3) is 0.208. The first-order valence-electron chi connectivity index (χ1n) is 10.6.